The van der Waals surface area contributed by atoms with Gasteiger partial charge >= 0.3 is 85.7 Å². The van der Waals surface area contributed by atoms with Crippen molar-refractivity contribution in [1.82, 2.24) is 8.43 Å². The van der Waals surface area contributed by atoms with Gasteiger partial charge in [0.25, 0.3) is 0 Å². The topological polar surface area (TPSA) is 15.3 Å². The number of rotatable bonds is 1. The summed E-state index contributed by atoms with van der Waals surface area (Å²) in [5, 5.41) is 0. The van der Waals surface area contributed by atoms with Crippen molar-refractivity contribution >= 4 is 0 Å². The zero-order chi connectivity index (χ0) is 8.55. The van der Waals surface area contributed by atoms with Gasteiger partial charge in [-0.1, -0.05) is 0 Å². The summed E-state index contributed by atoms with van der Waals surface area (Å²) in [6.07, 6.45) is 2.86. The Morgan fingerprint density at radius 2 is 2.33 bits per heavy atom. The van der Waals surface area contributed by atoms with E-state index in [1.54, 1.807) is 0 Å². The Morgan fingerprint density at radius 3 is 3.08 bits per heavy atom. The predicted octanol–water partition coefficient (Wildman–Crippen LogP) is -1.96. The summed E-state index contributed by atoms with van der Waals surface area (Å²) in [7, 11) is 0. The van der Waals surface area contributed by atoms with E-state index in [9.17, 15) is 0 Å². The average Bonchev–Trinajstić information content (AvgIpc) is 2.49. The number of halogens is 1. The molecule has 2 unspecified atom stereocenters. The van der Waals surface area contributed by atoms with Crippen molar-refractivity contribution in [2.75, 3.05) is 11.1 Å². The Balaban J connectivity index is 2.03. The van der Waals surface area contributed by atoms with E-state index in [0.717, 1.165) is 18.0 Å². The molecule has 3 heteroatoms. The van der Waals surface area contributed by atoms with Crippen LogP contribution in [-0.4, -0.2) is 28.1 Å². The van der Waals surface area contributed by atoms with E-state index >= 15 is 0 Å². The summed E-state index contributed by atoms with van der Waals surface area (Å²) < 4.78 is 5.14. The van der Waals surface area contributed by atoms with E-state index in [-0.39, 0.29) is 21.5 Å². The molecule has 0 spiro atoms. The Morgan fingerprint density at radius 1 is 1.50 bits per heavy atom. The molecular weight excluding hydrogens is 263 g/mol. The van der Waals surface area contributed by atoms with Crippen LogP contribution in [0.4, 0.5) is 0 Å². The van der Waals surface area contributed by atoms with Crippen LogP contribution in [0, 0.1) is 5.92 Å². The van der Waals surface area contributed by atoms with Gasteiger partial charge in [-0.3, -0.25) is 0 Å². The Hall–Kier alpha value is 0.650. The van der Waals surface area contributed by atoms with Gasteiger partial charge in [-0.2, -0.15) is 0 Å². The molecule has 72 valence electrons. The fourth-order valence-corrected chi connectivity index (χ4v) is 5.38. The molecule has 2 heterocycles. The molecule has 1 N–H and O–H groups in total. The summed E-state index contributed by atoms with van der Waals surface area (Å²) in [5.74, 6) is 0.815. The quantitative estimate of drug-likeness (QED) is 0.260. The van der Waals surface area contributed by atoms with Gasteiger partial charge in [-0.25, -0.2) is 0 Å². The maximum absolute atomic E-state index is 3.76. The SMILES string of the molecule is CC(C)C1N[I-]CN2CCCC12. The molecule has 2 saturated heterocycles. The molecule has 0 aromatic rings. The van der Waals surface area contributed by atoms with E-state index in [4.69, 9.17) is 0 Å². The van der Waals surface area contributed by atoms with Gasteiger partial charge in [-0.15, -0.1) is 0 Å². The number of fused-ring (bicyclic) bond motifs is 1. The van der Waals surface area contributed by atoms with Gasteiger partial charge in [0.05, 0.1) is 0 Å². The first-order chi connectivity index (χ1) is 5.79. The third-order valence-electron chi connectivity index (χ3n) is 2.96. The third-order valence-corrected chi connectivity index (χ3v) is 5.34. The van der Waals surface area contributed by atoms with Crippen molar-refractivity contribution in [3.63, 3.8) is 0 Å². The summed E-state index contributed by atoms with van der Waals surface area (Å²) in [6.45, 7) is 6.07. The van der Waals surface area contributed by atoms with E-state index in [1.165, 1.54) is 23.9 Å². The minimum atomic E-state index is 0.283. The first kappa shape index (κ1) is 9.21. The molecule has 12 heavy (non-hydrogen) atoms. The van der Waals surface area contributed by atoms with Gasteiger partial charge in [0.1, 0.15) is 0 Å². The first-order valence-electron chi connectivity index (χ1n) is 4.87. The van der Waals surface area contributed by atoms with Crippen molar-refractivity contribution in [3.05, 3.63) is 0 Å². The van der Waals surface area contributed by atoms with E-state index in [0.29, 0.717) is 0 Å². The van der Waals surface area contributed by atoms with Crippen LogP contribution >= 0.6 is 0 Å². The standard InChI is InChI=1S/C9H18IN2/c1-7(2)9-8-4-3-5-12(8)6-10-11-9/h7-9,11H,3-6H2,1-2H3/q-1. The van der Waals surface area contributed by atoms with Crippen LogP contribution < -0.4 is 25.0 Å². The van der Waals surface area contributed by atoms with Crippen molar-refractivity contribution < 1.29 is 21.5 Å². The van der Waals surface area contributed by atoms with Gasteiger partial charge < -0.3 is 0 Å². The molecule has 0 aliphatic carbocycles. The third kappa shape index (κ3) is 1.63. The zero-order valence-electron chi connectivity index (χ0n) is 7.89. The normalized spacial score (nSPS) is 37.9. The maximum atomic E-state index is 3.76. The number of hydrogen-bond donors (Lipinski definition) is 1. The molecule has 2 aliphatic heterocycles. The van der Waals surface area contributed by atoms with Crippen molar-refractivity contribution in [3.8, 4) is 0 Å². The molecule has 0 bridgehead atoms. The Kier molecular flexibility index (Phi) is 2.92. The summed E-state index contributed by atoms with van der Waals surface area (Å²) in [4.78, 5) is 2.72. The van der Waals surface area contributed by atoms with Crippen molar-refractivity contribution in [2.24, 2.45) is 5.92 Å². The molecule has 2 nitrogen and oxygen atoms in total. The summed E-state index contributed by atoms with van der Waals surface area (Å²) in [6, 6.07) is 1.67. The minimum absolute atomic E-state index is 0.283. The monoisotopic (exact) mass is 281 g/mol. The molecule has 0 aromatic carbocycles. The van der Waals surface area contributed by atoms with Crippen LogP contribution in [-0.2, 0) is 0 Å². The van der Waals surface area contributed by atoms with Crippen molar-refractivity contribution in [1.29, 1.82) is 0 Å². The fraction of sp³-hybridized carbons (Fsp3) is 1.00. The second kappa shape index (κ2) is 3.80. The number of nitrogens with zero attached hydrogens (tertiary/aromatic N) is 1. The molecule has 2 aliphatic rings. The predicted molar refractivity (Wildman–Crippen MR) is 46.4 cm³/mol. The number of hydrogen-bond acceptors (Lipinski definition) is 2. The Bertz CT molecular complexity index is 161. The van der Waals surface area contributed by atoms with Crippen LogP contribution in [0.5, 0.6) is 0 Å². The molecule has 2 atom stereocenters. The van der Waals surface area contributed by atoms with Crippen LogP contribution in [0.25, 0.3) is 0 Å². The van der Waals surface area contributed by atoms with Gasteiger partial charge in [0.15, 0.2) is 0 Å². The number of nitrogens with one attached hydrogen (secondary N) is 1. The van der Waals surface area contributed by atoms with Crippen LogP contribution in [0.2, 0.25) is 0 Å². The molecule has 0 aromatic heterocycles. The molecular formula is C9H18IN2-. The fourth-order valence-electron chi connectivity index (χ4n) is 2.25. The van der Waals surface area contributed by atoms with Crippen molar-refractivity contribution in [2.45, 2.75) is 38.8 Å². The van der Waals surface area contributed by atoms with Crippen LogP contribution in [0.3, 0.4) is 0 Å². The van der Waals surface area contributed by atoms with E-state index in [2.05, 4.69) is 22.3 Å². The van der Waals surface area contributed by atoms with Gasteiger partial charge in [-0.05, 0) is 0 Å². The number of alkyl halides is 1. The summed E-state index contributed by atoms with van der Waals surface area (Å²) in [5.41, 5.74) is 0. The van der Waals surface area contributed by atoms with Crippen LogP contribution in [0.1, 0.15) is 26.7 Å². The zero-order valence-corrected chi connectivity index (χ0v) is 10.0. The molecule has 0 saturated carbocycles. The summed E-state index contributed by atoms with van der Waals surface area (Å²) >= 11 is 0.283. The second-order valence-electron chi connectivity index (χ2n) is 4.15. The molecule has 2 rings (SSSR count). The van der Waals surface area contributed by atoms with Crippen LogP contribution in [0.15, 0.2) is 0 Å². The Labute approximate surface area is 85.7 Å². The second-order valence-corrected chi connectivity index (χ2v) is 6.22. The van der Waals surface area contributed by atoms with Gasteiger partial charge in [0, 0.05) is 0 Å². The van der Waals surface area contributed by atoms with Gasteiger partial charge in [0.2, 0.25) is 0 Å². The molecule has 0 amide bonds. The van der Waals surface area contributed by atoms with E-state index < -0.39 is 0 Å². The average molecular weight is 281 g/mol. The van der Waals surface area contributed by atoms with E-state index in [1.807, 2.05) is 0 Å². The first-order valence-corrected chi connectivity index (χ1v) is 7.47. The molecule has 2 fully saturated rings. The molecule has 0 radical (unpaired) electrons.